The Labute approximate surface area is 167 Å². The summed E-state index contributed by atoms with van der Waals surface area (Å²) in [5.74, 6) is 1.12. The summed E-state index contributed by atoms with van der Waals surface area (Å²) < 4.78 is 29.7. The maximum atomic E-state index is 12.0. The van der Waals surface area contributed by atoms with Crippen LogP contribution in [0.2, 0.25) is 0 Å². The van der Waals surface area contributed by atoms with Gasteiger partial charge in [0.05, 0.1) is 27.1 Å². The Morgan fingerprint density at radius 3 is 2.10 bits per heavy atom. The number of nitro benzene ring substituents is 1. The predicted octanol–water partition coefficient (Wildman–Crippen LogP) is 4.41. The Balaban J connectivity index is 1.80. The van der Waals surface area contributed by atoms with Gasteiger partial charge in [0.1, 0.15) is 11.5 Å². The summed E-state index contributed by atoms with van der Waals surface area (Å²) in [4.78, 5) is 10.1. The van der Waals surface area contributed by atoms with Crippen molar-refractivity contribution in [1.82, 2.24) is 0 Å². The molecular formula is C20H15N3O5S. The zero-order chi connectivity index (χ0) is 21.0. The number of hydrogen-bond acceptors (Lipinski definition) is 7. The van der Waals surface area contributed by atoms with Gasteiger partial charge in [-0.3, -0.25) is 10.1 Å². The highest BCUT2D eigenvalue weighted by molar-refractivity contribution is 7.90. The standard InChI is InChI=1S/C20H15N3O5S/c1-29(26,27)20-12-16(23(24)25)6-11-19(20)22-15-4-9-18(10-5-15)28-17-7-2-14(13-21)3-8-17/h2-12,22H,1H3. The fraction of sp³-hybridized carbons (Fsp3) is 0.0500. The number of ether oxygens (including phenoxy) is 1. The molecule has 0 heterocycles. The average molecular weight is 409 g/mol. The molecule has 0 unspecified atom stereocenters. The van der Waals surface area contributed by atoms with E-state index in [1.54, 1.807) is 48.5 Å². The first-order chi connectivity index (χ1) is 13.8. The molecule has 1 N–H and O–H groups in total. The zero-order valence-electron chi connectivity index (χ0n) is 15.2. The van der Waals surface area contributed by atoms with Crippen molar-refractivity contribution in [2.24, 2.45) is 0 Å². The van der Waals surface area contributed by atoms with Gasteiger partial charge in [0.2, 0.25) is 0 Å². The Bertz CT molecular complexity index is 1200. The Hall–Kier alpha value is -3.90. The van der Waals surface area contributed by atoms with Gasteiger partial charge in [-0.1, -0.05) is 0 Å². The van der Waals surface area contributed by atoms with Crippen molar-refractivity contribution in [3.8, 4) is 17.6 Å². The van der Waals surface area contributed by atoms with E-state index in [0.717, 1.165) is 12.3 Å². The van der Waals surface area contributed by atoms with Crippen molar-refractivity contribution in [2.75, 3.05) is 11.6 Å². The van der Waals surface area contributed by atoms with Crippen molar-refractivity contribution in [1.29, 1.82) is 5.26 Å². The summed E-state index contributed by atoms with van der Waals surface area (Å²) in [6, 6.07) is 19.0. The van der Waals surface area contributed by atoms with Crippen LogP contribution in [0.4, 0.5) is 17.1 Å². The molecule has 3 aromatic rings. The zero-order valence-corrected chi connectivity index (χ0v) is 16.0. The molecule has 29 heavy (non-hydrogen) atoms. The van der Waals surface area contributed by atoms with Crippen molar-refractivity contribution >= 4 is 26.9 Å². The number of nitrogens with zero attached hydrogens (tertiary/aromatic N) is 2. The molecule has 3 rings (SSSR count). The third-order valence-electron chi connectivity index (χ3n) is 3.93. The minimum atomic E-state index is -3.68. The van der Waals surface area contributed by atoms with Crippen LogP contribution >= 0.6 is 0 Å². The number of hydrogen-bond donors (Lipinski definition) is 1. The third kappa shape index (κ3) is 4.88. The van der Waals surface area contributed by atoms with Crippen LogP contribution in [0.3, 0.4) is 0 Å². The van der Waals surface area contributed by atoms with Crippen molar-refractivity contribution in [2.45, 2.75) is 4.90 Å². The number of benzene rings is 3. The molecule has 3 aromatic carbocycles. The van der Waals surface area contributed by atoms with E-state index in [4.69, 9.17) is 10.00 Å². The minimum absolute atomic E-state index is 0.162. The highest BCUT2D eigenvalue weighted by Crippen LogP contribution is 2.30. The molecule has 146 valence electrons. The van der Waals surface area contributed by atoms with Gasteiger partial charge in [-0.2, -0.15) is 5.26 Å². The van der Waals surface area contributed by atoms with Crippen LogP contribution in [-0.2, 0) is 9.84 Å². The SMILES string of the molecule is CS(=O)(=O)c1cc([N+](=O)[O-])ccc1Nc1ccc(Oc2ccc(C#N)cc2)cc1. The number of nitriles is 1. The monoisotopic (exact) mass is 409 g/mol. The van der Waals surface area contributed by atoms with Crippen molar-refractivity contribution < 1.29 is 18.1 Å². The highest BCUT2D eigenvalue weighted by Gasteiger charge is 2.18. The van der Waals surface area contributed by atoms with Crippen LogP contribution in [0.25, 0.3) is 0 Å². The van der Waals surface area contributed by atoms with Gasteiger partial charge in [0, 0.05) is 24.1 Å². The number of anilines is 2. The second-order valence-corrected chi connectivity index (χ2v) is 8.08. The van der Waals surface area contributed by atoms with Gasteiger partial charge in [-0.05, 0) is 54.6 Å². The fourth-order valence-corrected chi connectivity index (χ4v) is 3.38. The molecule has 0 aliphatic carbocycles. The molecule has 0 saturated carbocycles. The smallest absolute Gasteiger partial charge is 0.270 e. The Morgan fingerprint density at radius 1 is 1.00 bits per heavy atom. The summed E-state index contributed by atoms with van der Waals surface area (Å²) >= 11 is 0. The Kier molecular flexibility index (Phi) is 5.47. The third-order valence-corrected chi connectivity index (χ3v) is 5.06. The molecule has 0 aliphatic heterocycles. The number of rotatable bonds is 6. The first kappa shape index (κ1) is 19.9. The van der Waals surface area contributed by atoms with Gasteiger partial charge in [-0.25, -0.2) is 8.42 Å². The first-order valence-electron chi connectivity index (χ1n) is 8.30. The summed E-state index contributed by atoms with van der Waals surface area (Å²) in [7, 11) is -3.68. The second-order valence-electron chi connectivity index (χ2n) is 6.10. The topological polar surface area (TPSA) is 122 Å². The molecule has 0 amide bonds. The van der Waals surface area contributed by atoms with Gasteiger partial charge in [0.25, 0.3) is 5.69 Å². The maximum Gasteiger partial charge on any atom is 0.270 e. The lowest BCUT2D eigenvalue weighted by molar-refractivity contribution is -0.385. The number of nitrogens with one attached hydrogen (secondary N) is 1. The van der Waals surface area contributed by atoms with Gasteiger partial charge in [0.15, 0.2) is 9.84 Å². The molecule has 0 spiro atoms. The van der Waals surface area contributed by atoms with E-state index in [1.807, 2.05) is 6.07 Å². The molecule has 0 saturated heterocycles. The summed E-state index contributed by atoms with van der Waals surface area (Å²) in [6.45, 7) is 0. The van der Waals surface area contributed by atoms with Crippen molar-refractivity contribution in [3.63, 3.8) is 0 Å². The second kappa shape index (κ2) is 8.00. The predicted molar refractivity (Wildman–Crippen MR) is 107 cm³/mol. The lowest BCUT2D eigenvalue weighted by Crippen LogP contribution is -2.04. The summed E-state index contributed by atoms with van der Waals surface area (Å²) in [5.41, 5.74) is 1.04. The molecule has 0 fully saturated rings. The number of sulfone groups is 1. The van der Waals surface area contributed by atoms with Gasteiger partial charge >= 0.3 is 0 Å². The number of nitro groups is 1. The largest absolute Gasteiger partial charge is 0.457 e. The van der Waals surface area contributed by atoms with E-state index >= 15 is 0 Å². The van der Waals surface area contributed by atoms with Crippen LogP contribution in [0.1, 0.15) is 5.56 Å². The van der Waals surface area contributed by atoms with Crippen LogP contribution in [-0.4, -0.2) is 19.6 Å². The number of non-ortho nitro benzene ring substituents is 1. The van der Waals surface area contributed by atoms with Gasteiger partial charge < -0.3 is 10.1 Å². The minimum Gasteiger partial charge on any atom is -0.457 e. The molecule has 0 radical (unpaired) electrons. The fourth-order valence-electron chi connectivity index (χ4n) is 2.53. The lowest BCUT2D eigenvalue weighted by atomic mass is 10.2. The normalized spacial score (nSPS) is 10.8. The van der Waals surface area contributed by atoms with E-state index in [0.29, 0.717) is 22.7 Å². The van der Waals surface area contributed by atoms with Crippen LogP contribution < -0.4 is 10.1 Å². The molecule has 0 atom stereocenters. The van der Waals surface area contributed by atoms with Crippen molar-refractivity contribution in [3.05, 3.63) is 82.4 Å². The summed E-state index contributed by atoms with van der Waals surface area (Å²) in [5, 5.41) is 22.7. The van der Waals surface area contributed by atoms with E-state index in [1.165, 1.54) is 12.1 Å². The molecule has 0 aliphatic rings. The van der Waals surface area contributed by atoms with E-state index in [2.05, 4.69) is 5.32 Å². The van der Waals surface area contributed by atoms with Gasteiger partial charge in [-0.15, -0.1) is 0 Å². The van der Waals surface area contributed by atoms with Crippen LogP contribution in [0.15, 0.2) is 71.6 Å². The summed E-state index contributed by atoms with van der Waals surface area (Å²) in [6.07, 6.45) is 0.992. The van der Waals surface area contributed by atoms with E-state index < -0.39 is 14.8 Å². The molecular weight excluding hydrogens is 394 g/mol. The Morgan fingerprint density at radius 2 is 1.59 bits per heavy atom. The molecule has 0 bridgehead atoms. The molecule has 8 nitrogen and oxygen atoms in total. The average Bonchev–Trinajstić information content (AvgIpc) is 2.69. The quantitative estimate of drug-likeness (QED) is 0.473. The first-order valence-corrected chi connectivity index (χ1v) is 10.2. The maximum absolute atomic E-state index is 12.0. The highest BCUT2D eigenvalue weighted by atomic mass is 32.2. The van der Waals surface area contributed by atoms with Crippen LogP contribution in [0, 0.1) is 21.4 Å². The molecule has 9 heteroatoms. The van der Waals surface area contributed by atoms with E-state index in [9.17, 15) is 18.5 Å². The lowest BCUT2D eigenvalue weighted by Gasteiger charge is -2.12. The molecule has 0 aromatic heterocycles. The van der Waals surface area contributed by atoms with E-state index in [-0.39, 0.29) is 16.3 Å². The van der Waals surface area contributed by atoms with Crippen LogP contribution in [0.5, 0.6) is 11.5 Å².